The van der Waals surface area contributed by atoms with Crippen molar-refractivity contribution in [1.29, 1.82) is 0 Å². The van der Waals surface area contributed by atoms with E-state index in [2.05, 4.69) is 0 Å². The number of hydrogen-bond acceptors (Lipinski definition) is 2. The molecule has 0 aromatic rings. The Morgan fingerprint density at radius 3 is 0.700 bits per heavy atom. The summed E-state index contributed by atoms with van der Waals surface area (Å²) >= 11 is 0. The molecule has 296 valence electrons. The lowest BCUT2D eigenvalue weighted by molar-refractivity contribution is -0.386. The van der Waals surface area contributed by atoms with Crippen LogP contribution in [-0.4, -0.2) is 119 Å². The molecule has 0 aliphatic carbocycles. The van der Waals surface area contributed by atoms with Gasteiger partial charge in [-0.3, -0.25) is 0 Å². The van der Waals surface area contributed by atoms with E-state index in [1.54, 1.807) is 0 Å². The standard InChI is InChI=1S/C20H10F26O4/c21-3(9(27)28)7(25)15(35,36)19(43,44)17(39,40)13(31,32)5(23)1(11(47)48)2(12(49)50)6(24)14(33,34)18(41,42)20(45,46)16(37,38)8(26)4(22)10(29)30/h3-10H,(H,47,48)(H,49,50). The average Bonchev–Trinajstić information content (AvgIpc) is 2.95. The molecule has 6 unspecified atom stereocenters. The SMILES string of the molecule is O=C(O)C(=C(C(=O)O)C(F)C(F)(F)C(F)(F)C(F)(F)C(F)(F)C(F)C(F)C(F)F)C(F)C(F)(F)C(F)(F)C(F)(F)C(F)(F)C(F)C(F)C(F)F. The molecule has 0 amide bonds. The molecule has 6 atom stereocenters. The van der Waals surface area contributed by atoms with Crippen molar-refractivity contribution in [2.24, 2.45) is 0 Å². The number of carboxylic acids is 2. The molecule has 0 saturated heterocycles. The maximum atomic E-state index is 14.5. The van der Waals surface area contributed by atoms with Gasteiger partial charge in [-0.05, 0) is 0 Å². The van der Waals surface area contributed by atoms with Crippen LogP contribution in [0, 0.1) is 0 Å². The largest absolute Gasteiger partial charge is 0.478 e. The maximum Gasteiger partial charge on any atom is 0.381 e. The molecule has 0 aliphatic rings. The minimum absolute atomic E-state index is 4.33. The molecule has 0 aliphatic heterocycles. The lowest BCUT2D eigenvalue weighted by Gasteiger charge is -2.40. The Hall–Kier alpha value is -3.14. The van der Waals surface area contributed by atoms with Gasteiger partial charge in [0.25, 0.3) is 12.9 Å². The monoisotopic (exact) mass is 808 g/mol. The summed E-state index contributed by atoms with van der Waals surface area (Å²) in [4.78, 5) is 22.3. The van der Waals surface area contributed by atoms with Gasteiger partial charge in [-0.2, -0.15) is 70.2 Å². The summed E-state index contributed by atoms with van der Waals surface area (Å²) in [5.41, 5.74) is -9.14. The zero-order valence-corrected chi connectivity index (χ0v) is 22.2. The number of halogens is 26. The fraction of sp³-hybridized carbons (Fsp3) is 0.800. The quantitative estimate of drug-likeness (QED) is 0.109. The number of hydrogen-bond donors (Lipinski definition) is 2. The van der Waals surface area contributed by atoms with Crippen LogP contribution in [-0.2, 0) is 9.59 Å². The van der Waals surface area contributed by atoms with Gasteiger partial charge in [0.1, 0.15) is 0 Å². The molecule has 0 aromatic carbocycles. The lowest BCUT2D eigenvalue weighted by Crippen LogP contribution is -2.69. The summed E-state index contributed by atoms with van der Waals surface area (Å²) in [7, 11) is 0. The molecular formula is C20H10F26O4. The third kappa shape index (κ3) is 7.02. The van der Waals surface area contributed by atoms with Crippen LogP contribution in [0.5, 0.6) is 0 Å². The highest BCUT2D eigenvalue weighted by atomic mass is 19.4. The number of aliphatic carboxylic acids is 2. The summed E-state index contributed by atoms with van der Waals surface area (Å²) < 4.78 is 352. The molecule has 0 fully saturated rings. The zero-order valence-electron chi connectivity index (χ0n) is 22.2. The molecule has 0 bridgehead atoms. The first-order valence-electron chi connectivity index (χ1n) is 11.4. The first kappa shape index (κ1) is 46.9. The third-order valence-corrected chi connectivity index (χ3v) is 6.09. The molecule has 0 aromatic heterocycles. The Morgan fingerprint density at radius 2 is 0.540 bits per heavy atom. The van der Waals surface area contributed by atoms with Crippen LogP contribution >= 0.6 is 0 Å². The summed E-state index contributed by atoms with van der Waals surface area (Å²) in [5.74, 6) is -75.4. The van der Waals surface area contributed by atoms with Crippen molar-refractivity contribution in [2.75, 3.05) is 0 Å². The van der Waals surface area contributed by atoms with E-state index in [1.807, 2.05) is 0 Å². The van der Waals surface area contributed by atoms with Gasteiger partial charge in [0.15, 0.2) is 12.3 Å². The normalized spacial score (nSPS) is 19.1. The van der Waals surface area contributed by atoms with Crippen LogP contribution in [0.25, 0.3) is 0 Å². The highest BCUT2D eigenvalue weighted by Crippen LogP contribution is 2.59. The van der Waals surface area contributed by atoms with Crippen molar-refractivity contribution in [2.45, 2.75) is 97.3 Å². The van der Waals surface area contributed by atoms with Crippen LogP contribution in [0.2, 0.25) is 0 Å². The minimum atomic E-state index is -8.64. The van der Waals surface area contributed by atoms with E-state index in [4.69, 9.17) is 10.2 Å². The van der Waals surface area contributed by atoms with Gasteiger partial charge in [0, 0.05) is 0 Å². The number of carboxylic acid groups (broad SMARTS) is 2. The molecule has 0 radical (unpaired) electrons. The second kappa shape index (κ2) is 14.1. The first-order chi connectivity index (χ1) is 21.7. The van der Waals surface area contributed by atoms with Crippen molar-refractivity contribution in [1.82, 2.24) is 0 Å². The number of rotatable bonds is 18. The first-order valence-corrected chi connectivity index (χ1v) is 11.4. The number of alkyl halides is 26. The fourth-order valence-corrected chi connectivity index (χ4v) is 3.24. The summed E-state index contributed by atoms with van der Waals surface area (Å²) in [6.07, 6.45) is -46.2. The van der Waals surface area contributed by atoms with E-state index in [0.717, 1.165) is 0 Å². The maximum absolute atomic E-state index is 14.5. The molecule has 30 heteroatoms. The van der Waals surface area contributed by atoms with Gasteiger partial charge in [-0.25, -0.2) is 53.5 Å². The van der Waals surface area contributed by atoms with E-state index in [0.29, 0.717) is 0 Å². The topological polar surface area (TPSA) is 74.6 Å². The molecule has 50 heavy (non-hydrogen) atoms. The van der Waals surface area contributed by atoms with E-state index in [-0.39, 0.29) is 0 Å². The molecule has 4 nitrogen and oxygen atoms in total. The molecule has 2 N–H and O–H groups in total. The second-order valence-corrected chi connectivity index (χ2v) is 9.31. The van der Waals surface area contributed by atoms with Gasteiger partial charge >= 0.3 is 59.3 Å². The van der Waals surface area contributed by atoms with Gasteiger partial charge in [0.2, 0.25) is 24.7 Å². The zero-order chi connectivity index (χ0) is 40.9. The van der Waals surface area contributed by atoms with E-state index >= 15 is 0 Å². The molecule has 0 saturated carbocycles. The predicted molar refractivity (Wildman–Crippen MR) is 103 cm³/mol. The Labute approximate surface area is 255 Å². The van der Waals surface area contributed by atoms with E-state index in [1.165, 1.54) is 0 Å². The third-order valence-electron chi connectivity index (χ3n) is 6.09. The number of carbonyl (C=O) groups is 2. The summed E-state index contributed by atoms with van der Waals surface area (Å²) in [6, 6.07) is 0. The van der Waals surface area contributed by atoms with Crippen molar-refractivity contribution in [3.05, 3.63) is 11.1 Å². The van der Waals surface area contributed by atoms with Gasteiger partial charge in [-0.15, -0.1) is 0 Å². The lowest BCUT2D eigenvalue weighted by atomic mass is 9.85. The van der Waals surface area contributed by atoms with Crippen LogP contribution < -0.4 is 0 Å². The van der Waals surface area contributed by atoms with Crippen LogP contribution in [0.3, 0.4) is 0 Å². The van der Waals surface area contributed by atoms with Crippen molar-refractivity contribution in [3.8, 4) is 0 Å². The van der Waals surface area contributed by atoms with Crippen molar-refractivity contribution < 1.29 is 134 Å². The van der Waals surface area contributed by atoms with E-state index in [9.17, 15) is 124 Å². The molecule has 0 spiro atoms. The Balaban J connectivity index is 7.65. The average molecular weight is 808 g/mol. The van der Waals surface area contributed by atoms with Crippen LogP contribution in [0.1, 0.15) is 0 Å². The Kier molecular flexibility index (Phi) is 13.2. The van der Waals surface area contributed by atoms with Crippen molar-refractivity contribution >= 4 is 11.9 Å². The smallest absolute Gasteiger partial charge is 0.381 e. The Bertz CT molecular complexity index is 1170. The predicted octanol–water partition coefficient (Wildman–Crippen LogP) is 8.09. The van der Waals surface area contributed by atoms with Gasteiger partial charge in [0.05, 0.1) is 11.1 Å². The van der Waals surface area contributed by atoms with Gasteiger partial charge < -0.3 is 10.2 Å². The summed E-state index contributed by atoms with van der Waals surface area (Å²) in [6.45, 7) is 0. The fourth-order valence-electron chi connectivity index (χ4n) is 3.24. The summed E-state index contributed by atoms with van der Waals surface area (Å²) in [5, 5.41) is 17.3. The molecular weight excluding hydrogens is 798 g/mol. The highest BCUT2D eigenvalue weighted by molar-refractivity contribution is 6.00. The Morgan fingerprint density at radius 1 is 0.360 bits per heavy atom. The molecule has 0 heterocycles. The second-order valence-electron chi connectivity index (χ2n) is 9.31. The minimum Gasteiger partial charge on any atom is -0.478 e. The molecule has 0 rings (SSSR count). The van der Waals surface area contributed by atoms with Crippen LogP contribution in [0.15, 0.2) is 11.1 Å². The van der Waals surface area contributed by atoms with Crippen LogP contribution in [0.4, 0.5) is 114 Å². The van der Waals surface area contributed by atoms with Gasteiger partial charge in [-0.1, -0.05) is 0 Å². The van der Waals surface area contributed by atoms with Crippen molar-refractivity contribution in [3.63, 3.8) is 0 Å². The van der Waals surface area contributed by atoms with E-state index < -0.39 is 120 Å². The highest BCUT2D eigenvalue weighted by Gasteiger charge is 2.87.